The van der Waals surface area contributed by atoms with Crippen molar-refractivity contribution in [1.82, 2.24) is 0 Å². The smallest absolute Gasteiger partial charge is 0.119 e. The molecule has 0 aliphatic heterocycles. The van der Waals surface area contributed by atoms with Gasteiger partial charge in [0.2, 0.25) is 0 Å². The molecule has 0 spiro atoms. The summed E-state index contributed by atoms with van der Waals surface area (Å²) in [6.45, 7) is 0. The average Bonchev–Trinajstić information content (AvgIpc) is 2.66. The molecule has 2 aliphatic carbocycles. The molecule has 2 aliphatic rings. The van der Waals surface area contributed by atoms with Crippen LogP contribution in [0.2, 0.25) is 0 Å². The second-order valence-electron chi connectivity index (χ2n) is 5.73. The summed E-state index contributed by atoms with van der Waals surface area (Å²) in [7, 11) is 0. The van der Waals surface area contributed by atoms with E-state index in [2.05, 4.69) is 5.18 Å². The van der Waals surface area contributed by atoms with Crippen LogP contribution in [-0.2, 0) is 15.8 Å². The van der Waals surface area contributed by atoms with Gasteiger partial charge < -0.3 is 9.29 Å². The SMILES string of the molecule is O=NC1CCCC(Cl)C1OC1CCCC(S(=O)[O-])CC1. The van der Waals surface area contributed by atoms with Crippen molar-refractivity contribution in [3.8, 4) is 0 Å². The third-order valence-corrected chi connectivity index (χ3v) is 5.82. The lowest BCUT2D eigenvalue weighted by molar-refractivity contribution is -0.0427. The molecule has 2 rings (SSSR count). The lowest BCUT2D eigenvalue weighted by atomic mass is 9.92. The molecule has 0 heterocycles. The zero-order valence-corrected chi connectivity index (χ0v) is 13.0. The van der Waals surface area contributed by atoms with E-state index in [9.17, 15) is 13.7 Å². The zero-order chi connectivity index (χ0) is 14.5. The van der Waals surface area contributed by atoms with E-state index >= 15 is 0 Å². The normalized spacial score (nSPS) is 40.8. The monoisotopic (exact) mass is 322 g/mol. The molecule has 0 aromatic heterocycles. The van der Waals surface area contributed by atoms with Crippen molar-refractivity contribution in [3.05, 3.63) is 4.91 Å². The first kappa shape index (κ1) is 16.3. The molecule has 2 fully saturated rings. The van der Waals surface area contributed by atoms with Gasteiger partial charge in [0.1, 0.15) is 6.04 Å². The van der Waals surface area contributed by atoms with Crippen LogP contribution < -0.4 is 0 Å². The zero-order valence-electron chi connectivity index (χ0n) is 11.4. The first-order chi connectivity index (χ1) is 9.61. The van der Waals surface area contributed by atoms with Crippen molar-refractivity contribution in [3.63, 3.8) is 0 Å². The Kier molecular flexibility index (Phi) is 6.39. The summed E-state index contributed by atoms with van der Waals surface area (Å²) in [5.41, 5.74) is 0. The highest BCUT2D eigenvalue weighted by atomic mass is 35.5. The highest BCUT2D eigenvalue weighted by Crippen LogP contribution is 2.32. The van der Waals surface area contributed by atoms with Gasteiger partial charge in [-0.2, -0.15) is 4.91 Å². The van der Waals surface area contributed by atoms with Crippen molar-refractivity contribution < 1.29 is 13.5 Å². The Morgan fingerprint density at radius 1 is 1.10 bits per heavy atom. The standard InChI is InChI=1S/C13H22ClNO4S/c14-11-5-2-6-12(15-16)13(11)19-9-3-1-4-10(8-7-9)20(17)18/h9-13H,1-8H2,(H,17,18)/p-1. The van der Waals surface area contributed by atoms with E-state index < -0.39 is 11.1 Å². The number of nitrogens with zero attached hydrogens (tertiary/aromatic N) is 1. The number of nitroso groups, excluding NO2 is 1. The molecule has 6 unspecified atom stereocenters. The quantitative estimate of drug-likeness (QED) is 0.345. The van der Waals surface area contributed by atoms with E-state index in [0.717, 1.165) is 32.1 Å². The predicted molar refractivity (Wildman–Crippen MR) is 77.5 cm³/mol. The Bertz CT molecular complexity index is 357. The average molecular weight is 323 g/mol. The second-order valence-corrected chi connectivity index (χ2v) is 7.48. The van der Waals surface area contributed by atoms with Gasteiger partial charge in [-0.25, -0.2) is 0 Å². The van der Waals surface area contributed by atoms with Gasteiger partial charge in [0.15, 0.2) is 0 Å². The molecule has 0 amide bonds. The number of ether oxygens (including phenoxy) is 1. The lowest BCUT2D eigenvalue weighted by Crippen LogP contribution is -2.41. The molecule has 0 aromatic carbocycles. The van der Waals surface area contributed by atoms with Crippen LogP contribution >= 0.6 is 11.6 Å². The Labute approximate surface area is 127 Å². The Balaban J connectivity index is 1.91. The molecule has 0 aromatic rings. The minimum Gasteiger partial charge on any atom is -0.772 e. The van der Waals surface area contributed by atoms with Crippen LogP contribution in [0.3, 0.4) is 0 Å². The summed E-state index contributed by atoms with van der Waals surface area (Å²) in [6.07, 6.45) is 5.87. The molecule has 0 bridgehead atoms. The van der Waals surface area contributed by atoms with Crippen LogP contribution in [0.15, 0.2) is 5.18 Å². The third kappa shape index (κ3) is 4.23. The fourth-order valence-electron chi connectivity index (χ4n) is 3.16. The maximum absolute atomic E-state index is 11.0. The summed E-state index contributed by atoms with van der Waals surface area (Å²) >= 11 is 4.27. The first-order valence-electron chi connectivity index (χ1n) is 7.32. The van der Waals surface area contributed by atoms with Gasteiger partial charge in [-0.15, -0.1) is 11.6 Å². The molecule has 2 saturated carbocycles. The third-order valence-electron chi connectivity index (χ3n) is 4.34. The van der Waals surface area contributed by atoms with Crippen LogP contribution in [0.25, 0.3) is 0 Å². The van der Waals surface area contributed by atoms with Crippen LogP contribution in [0.4, 0.5) is 0 Å². The Hall–Kier alpha value is -0.0400. The fourth-order valence-corrected chi connectivity index (χ4v) is 4.23. The number of halogens is 1. The largest absolute Gasteiger partial charge is 0.772 e. The van der Waals surface area contributed by atoms with Crippen molar-refractivity contribution in [2.24, 2.45) is 5.18 Å². The van der Waals surface area contributed by atoms with Gasteiger partial charge in [0.25, 0.3) is 0 Å². The molecule has 0 N–H and O–H groups in total. The van der Waals surface area contributed by atoms with E-state index in [1.165, 1.54) is 0 Å². The minimum absolute atomic E-state index is 0.00264. The van der Waals surface area contributed by atoms with E-state index in [-0.39, 0.29) is 28.9 Å². The van der Waals surface area contributed by atoms with Gasteiger partial charge >= 0.3 is 0 Å². The minimum atomic E-state index is -2.00. The summed E-state index contributed by atoms with van der Waals surface area (Å²) in [5.74, 6) is 0. The molecular weight excluding hydrogens is 302 g/mol. The van der Waals surface area contributed by atoms with Crippen molar-refractivity contribution in [1.29, 1.82) is 0 Å². The molecule has 7 heteroatoms. The molecule has 20 heavy (non-hydrogen) atoms. The molecule has 5 nitrogen and oxygen atoms in total. The first-order valence-corrected chi connectivity index (χ1v) is 8.89. The van der Waals surface area contributed by atoms with E-state index in [1.807, 2.05) is 0 Å². The highest BCUT2D eigenvalue weighted by Gasteiger charge is 2.36. The van der Waals surface area contributed by atoms with E-state index in [4.69, 9.17) is 16.3 Å². The Morgan fingerprint density at radius 2 is 1.85 bits per heavy atom. The number of rotatable bonds is 4. The van der Waals surface area contributed by atoms with E-state index in [0.29, 0.717) is 19.3 Å². The fraction of sp³-hybridized carbons (Fsp3) is 1.00. The van der Waals surface area contributed by atoms with E-state index in [1.54, 1.807) is 0 Å². The Morgan fingerprint density at radius 3 is 2.55 bits per heavy atom. The topological polar surface area (TPSA) is 78.8 Å². The van der Waals surface area contributed by atoms with Gasteiger partial charge in [-0.05, 0) is 51.4 Å². The van der Waals surface area contributed by atoms with Gasteiger partial charge in [0.05, 0.1) is 17.6 Å². The maximum atomic E-state index is 11.0. The molecular formula is C13H21ClNO4S-. The molecule has 116 valence electrons. The lowest BCUT2D eigenvalue weighted by Gasteiger charge is -2.33. The van der Waals surface area contributed by atoms with Gasteiger partial charge in [-0.1, -0.05) is 16.3 Å². The van der Waals surface area contributed by atoms with Crippen molar-refractivity contribution in [2.45, 2.75) is 80.2 Å². The summed E-state index contributed by atoms with van der Waals surface area (Å²) in [5, 5.41) is 2.72. The van der Waals surface area contributed by atoms with Crippen LogP contribution in [0.1, 0.15) is 51.4 Å². The maximum Gasteiger partial charge on any atom is 0.119 e. The second kappa shape index (κ2) is 7.82. The van der Waals surface area contributed by atoms with Gasteiger partial charge in [-0.3, -0.25) is 4.21 Å². The molecule has 6 atom stereocenters. The van der Waals surface area contributed by atoms with Crippen molar-refractivity contribution >= 4 is 22.7 Å². The summed E-state index contributed by atoms with van der Waals surface area (Å²) in [4.78, 5) is 10.9. The van der Waals surface area contributed by atoms with Crippen molar-refractivity contribution in [2.75, 3.05) is 0 Å². The summed E-state index contributed by atoms with van der Waals surface area (Å²) in [6, 6.07) is -0.362. The van der Waals surface area contributed by atoms with Crippen LogP contribution in [-0.4, -0.2) is 37.6 Å². The number of alkyl halides is 1. The summed E-state index contributed by atoms with van der Waals surface area (Å²) < 4.78 is 28.1. The number of hydrogen-bond acceptors (Lipinski definition) is 5. The predicted octanol–water partition coefficient (Wildman–Crippen LogP) is 2.88. The van der Waals surface area contributed by atoms with Crippen LogP contribution in [0.5, 0.6) is 0 Å². The molecule has 0 saturated heterocycles. The highest BCUT2D eigenvalue weighted by molar-refractivity contribution is 7.79. The molecule has 0 radical (unpaired) electrons. The van der Waals surface area contributed by atoms with Crippen LogP contribution in [0, 0.1) is 4.91 Å². The van der Waals surface area contributed by atoms with Gasteiger partial charge in [0, 0.05) is 5.25 Å². The number of hydrogen-bond donors (Lipinski definition) is 0.